The Hall–Kier alpha value is -1.42. The Bertz CT molecular complexity index is 759. The molecule has 0 amide bonds. The van der Waals surface area contributed by atoms with Crippen LogP contribution in [0.4, 0.5) is 10.1 Å². The summed E-state index contributed by atoms with van der Waals surface area (Å²) in [5.41, 5.74) is 3.71. The van der Waals surface area contributed by atoms with Crippen molar-refractivity contribution in [3.05, 3.63) is 52.8 Å². The van der Waals surface area contributed by atoms with Gasteiger partial charge in [-0.1, -0.05) is 0 Å². The molecule has 6 heteroatoms. The van der Waals surface area contributed by atoms with Crippen molar-refractivity contribution in [2.75, 3.05) is 5.32 Å². The minimum absolute atomic E-state index is 0.00269. The molecule has 0 saturated heterocycles. The summed E-state index contributed by atoms with van der Waals surface area (Å²) >= 11 is 5.77. The van der Waals surface area contributed by atoms with Gasteiger partial charge in [-0.25, -0.2) is 0 Å². The quantitative estimate of drug-likeness (QED) is 0.730. The van der Waals surface area contributed by atoms with E-state index in [4.69, 9.17) is 11.6 Å². The molecule has 1 N–H and O–H groups in total. The number of nitrogens with one attached hydrogen (secondary N) is 1. The van der Waals surface area contributed by atoms with Crippen LogP contribution in [0.15, 0.2) is 36.4 Å². The van der Waals surface area contributed by atoms with Crippen molar-refractivity contribution in [2.24, 2.45) is 0 Å². The monoisotopic (exact) mass is 355 g/mol. The summed E-state index contributed by atoms with van der Waals surface area (Å²) in [5, 5.41) is 3.52. The fourth-order valence-electron chi connectivity index (χ4n) is 2.02. The Morgan fingerprint density at radius 3 is 2.90 bits per heavy atom. The second-order valence-electron chi connectivity index (χ2n) is 4.48. The zero-order chi connectivity index (χ0) is 14.1. The Kier molecular flexibility index (Phi) is 3.74. The van der Waals surface area contributed by atoms with Crippen LogP contribution in [0.25, 0.3) is 11.0 Å². The second-order valence-corrected chi connectivity index (χ2v) is 5.99. The summed E-state index contributed by atoms with van der Waals surface area (Å²) in [7, 11) is 0. The van der Waals surface area contributed by atoms with Gasteiger partial charge in [-0.2, -0.15) is 0 Å². The summed E-state index contributed by atoms with van der Waals surface area (Å²) in [6.07, 6.45) is 0. The summed E-state index contributed by atoms with van der Waals surface area (Å²) in [5.74, 6) is -0.403. The zero-order valence-corrected chi connectivity index (χ0v) is 13.1. The molecule has 2 aromatic carbocycles. The summed E-state index contributed by atoms with van der Waals surface area (Å²) in [6, 6.07) is 10.6. The van der Waals surface area contributed by atoms with Crippen molar-refractivity contribution in [3.63, 3.8) is 0 Å². The number of halogens is 2. The van der Waals surface area contributed by atoms with Crippen molar-refractivity contribution < 1.29 is 4.39 Å². The van der Waals surface area contributed by atoms with Crippen LogP contribution in [0.1, 0.15) is 18.5 Å². The predicted octanol–water partition coefficient (Wildman–Crippen LogP) is 3.65. The molecule has 0 aliphatic rings. The molecule has 20 heavy (non-hydrogen) atoms. The molecule has 1 aromatic heterocycles. The normalized spacial score (nSPS) is 12.6. The van der Waals surface area contributed by atoms with Gasteiger partial charge in [-0.3, -0.25) is 0 Å². The number of hydrogen-bond acceptors (Lipinski definition) is 3. The Labute approximate surface area is 127 Å². The van der Waals surface area contributed by atoms with E-state index in [1.54, 1.807) is 12.1 Å². The van der Waals surface area contributed by atoms with Gasteiger partial charge in [0.05, 0.1) is 0 Å². The van der Waals surface area contributed by atoms with Gasteiger partial charge >= 0.3 is 127 Å². The van der Waals surface area contributed by atoms with E-state index in [1.165, 1.54) is 6.07 Å². The SMILES string of the molecule is CC(Nc1cccc2n[se]nc12)c1ccc(F)c(Cl)c1. The van der Waals surface area contributed by atoms with Crippen LogP contribution in [0, 0.1) is 5.82 Å². The second kappa shape index (κ2) is 5.52. The summed E-state index contributed by atoms with van der Waals surface area (Å²) in [4.78, 5) is 0. The first kappa shape index (κ1) is 13.6. The molecule has 0 aliphatic carbocycles. The number of fused-ring (bicyclic) bond motifs is 1. The fraction of sp³-hybridized carbons (Fsp3) is 0.143. The molecule has 3 rings (SSSR count). The number of benzene rings is 2. The summed E-state index contributed by atoms with van der Waals surface area (Å²) < 4.78 is 22.0. The third kappa shape index (κ3) is 2.57. The van der Waals surface area contributed by atoms with Gasteiger partial charge in [-0.05, 0) is 0 Å². The molecule has 0 radical (unpaired) electrons. The van der Waals surface area contributed by atoms with Crippen LogP contribution < -0.4 is 5.32 Å². The molecule has 1 unspecified atom stereocenters. The van der Waals surface area contributed by atoms with E-state index in [2.05, 4.69) is 13.3 Å². The van der Waals surface area contributed by atoms with Crippen molar-refractivity contribution in [1.29, 1.82) is 0 Å². The number of hydrogen-bond donors (Lipinski definition) is 1. The van der Waals surface area contributed by atoms with E-state index in [1.807, 2.05) is 25.1 Å². The standard InChI is InChI=1S/C14H11ClFN3Se/c1-8(9-5-6-11(16)10(15)7-9)17-12-3-2-4-13-14(12)19-20-18-13/h2-8,17H,1H3. The van der Waals surface area contributed by atoms with Crippen LogP contribution >= 0.6 is 11.6 Å². The number of aromatic nitrogens is 2. The van der Waals surface area contributed by atoms with Gasteiger partial charge < -0.3 is 0 Å². The third-order valence-electron chi connectivity index (χ3n) is 3.10. The van der Waals surface area contributed by atoms with Gasteiger partial charge in [0.2, 0.25) is 0 Å². The van der Waals surface area contributed by atoms with Gasteiger partial charge in [0.25, 0.3) is 0 Å². The minimum atomic E-state index is -0.403. The number of anilines is 1. The van der Waals surface area contributed by atoms with Crippen molar-refractivity contribution in [2.45, 2.75) is 13.0 Å². The van der Waals surface area contributed by atoms with E-state index in [0.29, 0.717) is 0 Å². The van der Waals surface area contributed by atoms with Crippen LogP contribution in [-0.2, 0) is 0 Å². The van der Waals surface area contributed by atoms with Crippen LogP contribution in [0.3, 0.4) is 0 Å². The first-order chi connectivity index (χ1) is 9.65. The molecule has 3 aromatic rings. The molecule has 0 saturated carbocycles. The van der Waals surface area contributed by atoms with E-state index < -0.39 is 5.82 Å². The van der Waals surface area contributed by atoms with E-state index >= 15 is 0 Å². The molecule has 0 spiro atoms. The molecule has 1 heterocycles. The Morgan fingerprint density at radius 2 is 2.10 bits per heavy atom. The maximum atomic E-state index is 13.2. The van der Waals surface area contributed by atoms with Gasteiger partial charge in [0.15, 0.2) is 0 Å². The molecule has 0 fully saturated rings. The van der Waals surface area contributed by atoms with E-state index in [0.717, 1.165) is 22.3 Å². The number of nitrogens with zero attached hydrogens (tertiary/aromatic N) is 2. The molecule has 3 nitrogen and oxygen atoms in total. The molecule has 0 bridgehead atoms. The fourth-order valence-corrected chi connectivity index (χ4v) is 3.36. The van der Waals surface area contributed by atoms with Gasteiger partial charge in [0, 0.05) is 0 Å². The average molecular weight is 355 g/mol. The van der Waals surface area contributed by atoms with Gasteiger partial charge in [-0.15, -0.1) is 0 Å². The van der Waals surface area contributed by atoms with Crippen LogP contribution in [-0.4, -0.2) is 22.9 Å². The van der Waals surface area contributed by atoms with E-state index in [9.17, 15) is 4.39 Å². The Balaban J connectivity index is 1.90. The predicted molar refractivity (Wildman–Crippen MR) is 79.9 cm³/mol. The van der Waals surface area contributed by atoms with E-state index in [-0.39, 0.29) is 26.0 Å². The summed E-state index contributed by atoms with van der Waals surface area (Å²) in [6.45, 7) is 2.00. The zero-order valence-electron chi connectivity index (χ0n) is 10.6. The molecular formula is C14H11ClFN3Se. The Morgan fingerprint density at radius 1 is 1.25 bits per heavy atom. The topological polar surface area (TPSA) is 37.8 Å². The molecule has 1 atom stereocenters. The molecule has 102 valence electrons. The van der Waals surface area contributed by atoms with Crippen LogP contribution in [0.5, 0.6) is 0 Å². The van der Waals surface area contributed by atoms with Crippen molar-refractivity contribution in [3.8, 4) is 0 Å². The van der Waals surface area contributed by atoms with Crippen molar-refractivity contribution in [1.82, 2.24) is 7.96 Å². The van der Waals surface area contributed by atoms with Crippen LogP contribution in [0.2, 0.25) is 5.02 Å². The average Bonchev–Trinajstić information content (AvgIpc) is 2.91. The molecule has 0 aliphatic heterocycles. The number of rotatable bonds is 3. The first-order valence-corrected chi connectivity index (χ1v) is 7.99. The van der Waals surface area contributed by atoms with Crippen molar-refractivity contribution >= 4 is 43.3 Å². The maximum absolute atomic E-state index is 13.2. The van der Waals surface area contributed by atoms with Gasteiger partial charge in [0.1, 0.15) is 0 Å². The molecular weight excluding hydrogens is 344 g/mol. The third-order valence-corrected chi connectivity index (χ3v) is 4.53. The first-order valence-electron chi connectivity index (χ1n) is 6.08.